The first-order valence-electron chi connectivity index (χ1n) is 4.48. The lowest BCUT2D eigenvalue weighted by molar-refractivity contribution is -0.121. The predicted octanol–water partition coefficient (Wildman–Crippen LogP) is 1.08. The van der Waals surface area contributed by atoms with Gasteiger partial charge in [-0.25, -0.2) is 4.39 Å². The molecule has 0 fully saturated rings. The van der Waals surface area contributed by atoms with E-state index in [0.29, 0.717) is 12.0 Å². The third-order valence-electron chi connectivity index (χ3n) is 2.15. The molecule has 0 heterocycles. The minimum absolute atomic E-state index is 0.0575. The number of benzene rings is 1. The molecule has 1 amide bonds. The fraction of sp³-hybridized carbons (Fsp3) is 0.300. The zero-order chi connectivity index (χ0) is 11.4. The molecule has 1 aromatic rings. The van der Waals surface area contributed by atoms with E-state index < -0.39 is 17.6 Å². The normalized spacial score (nSPS) is 12.5. The van der Waals surface area contributed by atoms with Crippen LogP contribution in [0.2, 0.25) is 5.02 Å². The van der Waals surface area contributed by atoms with Crippen LogP contribution in [0.3, 0.4) is 0 Å². The number of primary amides is 1. The second-order valence-electron chi connectivity index (χ2n) is 3.29. The van der Waals surface area contributed by atoms with Gasteiger partial charge >= 0.3 is 0 Å². The van der Waals surface area contributed by atoms with Gasteiger partial charge in [-0.15, -0.1) is 0 Å². The van der Waals surface area contributed by atoms with Crippen LogP contribution in [-0.4, -0.2) is 12.5 Å². The maximum absolute atomic E-state index is 13.1. The molecular formula is C10H12ClFN2O. The average Bonchev–Trinajstić information content (AvgIpc) is 2.19. The molecule has 1 aromatic carbocycles. The van der Waals surface area contributed by atoms with E-state index in [9.17, 15) is 9.18 Å². The summed E-state index contributed by atoms with van der Waals surface area (Å²) < 4.78 is 13.1. The summed E-state index contributed by atoms with van der Waals surface area (Å²) in [7, 11) is 0. The number of hydrogen-bond acceptors (Lipinski definition) is 2. The summed E-state index contributed by atoms with van der Waals surface area (Å²) >= 11 is 5.52. The largest absolute Gasteiger partial charge is 0.369 e. The van der Waals surface area contributed by atoms with E-state index in [2.05, 4.69) is 0 Å². The summed E-state index contributed by atoms with van der Waals surface area (Å²) in [6.45, 7) is 0.152. The van der Waals surface area contributed by atoms with Crippen LogP contribution >= 0.6 is 11.6 Å². The molecule has 3 nitrogen and oxygen atoms in total. The highest BCUT2D eigenvalue weighted by atomic mass is 35.5. The molecule has 0 radical (unpaired) electrons. The number of amides is 1. The van der Waals surface area contributed by atoms with Gasteiger partial charge in [0.05, 0.1) is 10.9 Å². The van der Waals surface area contributed by atoms with E-state index in [0.717, 1.165) is 0 Å². The van der Waals surface area contributed by atoms with E-state index >= 15 is 0 Å². The first-order chi connectivity index (χ1) is 7.04. The van der Waals surface area contributed by atoms with E-state index in [1.54, 1.807) is 6.07 Å². The van der Waals surface area contributed by atoms with E-state index in [1.807, 2.05) is 0 Å². The van der Waals surface area contributed by atoms with Crippen molar-refractivity contribution in [3.05, 3.63) is 34.6 Å². The number of carbonyl (C=O) groups excluding carboxylic acids is 1. The molecule has 0 bridgehead atoms. The smallest absolute Gasteiger partial charge is 0.222 e. The number of halogens is 2. The molecule has 0 saturated carbocycles. The Kier molecular flexibility index (Phi) is 4.05. The SMILES string of the molecule is NCC(Cc1ccc(Cl)c(F)c1)C(N)=O. The van der Waals surface area contributed by atoms with Gasteiger partial charge in [-0.2, -0.15) is 0 Å². The highest BCUT2D eigenvalue weighted by Crippen LogP contribution is 2.17. The molecule has 0 saturated heterocycles. The summed E-state index contributed by atoms with van der Waals surface area (Å²) in [5, 5.41) is 0.0575. The minimum atomic E-state index is -0.505. The predicted molar refractivity (Wildman–Crippen MR) is 56.9 cm³/mol. The van der Waals surface area contributed by atoms with Gasteiger partial charge in [0.2, 0.25) is 5.91 Å². The molecule has 0 spiro atoms. The Morgan fingerprint density at radius 1 is 1.53 bits per heavy atom. The van der Waals surface area contributed by atoms with E-state index in [-0.39, 0.29) is 11.6 Å². The lowest BCUT2D eigenvalue weighted by Gasteiger charge is -2.10. The van der Waals surface area contributed by atoms with Gasteiger partial charge in [-0.1, -0.05) is 17.7 Å². The van der Waals surface area contributed by atoms with E-state index in [4.69, 9.17) is 23.1 Å². The van der Waals surface area contributed by atoms with Crippen molar-refractivity contribution in [2.24, 2.45) is 17.4 Å². The van der Waals surface area contributed by atoms with Crippen molar-refractivity contribution in [3.8, 4) is 0 Å². The fourth-order valence-electron chi connectivity index (χ4n) is 1.25. The molecule has 82 valence electrons. The number of hydrogen-bond donors (Lipinski definition) is 2. The Balaban J connectivity index is 2.80. The van der Waals surface area contributed by atoms with Crippen LogP contribution in [0.15, 0.2) is 18.2 Å². The summed E-state index contributed by atoms with van der Waals surface area (Å²) in [6.07, 6.45) is 0.333. The molecule has 5 heteroatoms. The summed E-state index contributed by atoms with van der Waals surface area (Å²) in [5.74, 6) is -1.45. The van der Waals surface area contributed by atoms with Gasteiger partial charge in [0, 0.05) is 6.54 Å². The highest BCUT2D eigenvalue weighted by molar-refractivity contribution is 6.30. The van der Waals surface area contributed by atoms with Crippen molar-refractivity contribution in [1.29, 1.82) is 0 Å². The van der Waals surface area contributed by atoms with Crippen LogP contribution in [0.25, 0.3) is 0 Å². The molecule has 1 unspecified atom stereocenters. The lowest BCUT2D eigenvalue weighted by Crippen LogP contribution is -2.31. The van der Waals surface area contributed by atoms with Crippen LogP contribution in [0.5, 0.6) is 0 Å². The Hall–Kier alpha value is -1.13. The topological polar surface area (TPSA) is 69.1 Å². The van der Waals surface area contributed by atoms with Crippen molar-refractivity contribution < 1.29 is 9.18 Å². The second kappa shape index (κ2) is 5.09. The van der Waals surface area contributed by atoms with Crippen molar-refractivity contribution in [1.82, 2.24) is 0 Å². The summed E-state index contributed by atoms with van der Waals surface area (Å²) in [6, 6.07) is 4.38. The van der Waals surface area contributed by atoms with Crippen molar-refractivity contribution in [2.75, 3.05) is 6.54 Å². The summed E-state index contributed by atoms with van der Waals surface area (Å²) in [4.78, 5) is 10.9. The van der Waals surface area contributed by atoms with Crippen LogP contribution in [-0.2, 0) is 11.2 Å². The molecule has 0 aromatic heterocycles. The Labute approximate surface area is 92.2 Å². The van der Waals surface area contributed by atoms with Gasteiger partial charge in [-0.05, 0) is 24.1 Å². The molecule has 0 aliphatic rings. The van der Waals surface area contributed by atoms with Gasteiger partial charge < -0.3 is 11.5 Å². The zero-order valence-corrected chi connectivity index (χ0v) is 8.80. The van der Waals surface area contributed by atoms with Gasteiger partial charge in [0.1, 0.15) is 5.82 Å². The quantitative estimate of drug-likeness (QED) is 0.813. The first kappa shape index (κ1) is 11.9. The van der Waals surface area contributed by atoms with Crippen LogP contribution < -0.4 is 11.5 Å². The molecule has 15 heavy (non-hydrogen) atoms. The van der Waals surface area contributed by atoms with E-state index in [1.165, 1.54) is 12.1 Å². The standard InChI is InChI=1S/C10H12ClFN2O/c11-8-2-1-6(4-9(8)12)3-7(5-13)10(14)15/h1-2,4,7H,3,5,13H2,(H2,14,15). The highest BCUT2D eigenvalue weighted by Gasteiger charge is 2.14. The molecule has 4 N–H and O–H groups in total. The van der Waals surface area contributed by atoms with Gasteiger partial charge in [0.25, 0.3) is 0 Å². The minimum Gasteiger partial charge on any atom is -0.369 e. The number of rotatable bonds is 4. The molecule has 1 rings (SSSR count). The van der Waals surface area contributed by atoms with Crippen molar-refractivity contribution >= 4 is 17.5 Å². The number of carbonyl (C=O) groups is 1. The zero-order valence-electron chi connectivity index (χ0n) is 8.04. The third kappa shape index (κ3) is 3.18. The Bertz CT molecular complexity index is 370. The van der Waals surface area contributed by atoms with Gasteiger partial charge in [-0.3, -0.25) is 4.79 Å². The lowest BCUT2D eigenvalue weighted by atomic mass is 9.99. The van der Waals surface area contributed by atoms with Gasteiger partial charge in [0.15, 0.2) is 0 Å². The monoisotopic (exact) mass is 230 g/mol. The molecule has 0 aliphatic carbocycles. The van der Waals surface area contributed by atoms with Crippen LogP contribution in [0, 0.1) is 11.7 Å². The molecule has 0 aliphatic heterocycles. The Morgan fingerprint density at radius 3 is 2.67 bits per heavy atom. The molecule has 1 atom stereocenters. The molecular weight excluding hydrogens is 219 g/mol. The average molecular weight is 231 g/mol. The fourth-order valence-corrected chi connectivity index (χ4v) is 1.37. The van der Waals surface area contributed by atoms with Crippen LogP contribution in [0.4, 0.5) is 4.39 Å². The second-order valence-corrected chi connectivity index (χ2v) is 3.69. The first-order valence-corrected chi connectivity index (χ1v) is 4.85. The third-order valence-corrected chi connectivity index (χ3v) is 2.46. The Morgan fingerprint density at radius 2 is 2.20 bits per heavy atom. The van der Waals surface area contributed by atoms with Crippen molar-refractivity contribution in [3.63, 3.8) is 0 Å². The maximum atomic E-state index is 13.1. The van der Waals surface area contributed by atoms with Crippen molar-refractivity contribution in [2.45, 2.75) is 6.42 Å². The summed E-state index contributed by atoms with van der Waals surface area (Å²) in [5.41, 5.74) is 11.2. The van der Waals surface area contributed by atoms with Crippen LogP contribution in [0.1, 0.15) is 5.56 Å². The number of nitrogens with two attached hydrogens (primary N) is 2. The maximum Gasteiger partial charge on any atom is 0.222 e.